The molecule has 0 fully saturated rings. The number of nitrogens with zero attached hydrogens (tertiary/aromatic N) is 5. The summed E-state index contributed by atoms with van der Waals surface area (Å²) in [5.74, 6) is 3.74. The van der Waals surface area contributed by atoms with E-state index in [1.54, 1.807) is 12.7 Å². The zero-order valence-corrected chi connectivity index (χ0v) is 34.8. The number of hydrogen-bond acceptors (Lipinski definition) is 7. The maximum absolute atomic E-state index is 7.16. The van der Waals surface area contributed by atoms with Gasteiger partial charge in [0.05, 0.1) is 22.7 Å². The van der Waals surface area contributed by atoms with Crippen LogP contribution in [-0.2, 0) is 0 Å². The van der Waals surface area contributed by atoms with Crippen LogP contribution in [0, 0.1) is 0 Å². The highest BCUT2D eigenvalue weighted by Crippen LogP contribution is 2.58. The third-order valence-corrected chi connectivity index (χ3v) is 13.2. The average Bonchev–Trinajstić information content (AvgIpc) is 3.38. The number of anilines is 6. The Labute approximate surface area is 375 Å². The van der Waals surface area contributed by atoms with Gasteiger partial charge in [0.15, 0.2) is 28.8 Å². The topological polar surface area (TPSA) is 63.6 Å². The summed E-state index contributed by atoms with van der Waals surface area (Å²) in [6, 6.07) is 69.0. The Hall–Kier alpha value is -8.75. The van der Waals surface area contributed by atoms with Gasteiger partial charge in [0.2, 0.25) is 0 Å². The summed E-state index contributed by atoms with van der Waals surface area (Å²) in [6.07, 6.45) is 3.13. The minimum absolute atomic E-state index is 0.211. The Morgan fingerprint density at radius 2 is 0.738 bits per heavy atom. The Morgan fingerprint density at radius 3 is 1.17 bits per heavy atom. The molecule has 0 radical (unpaired) electrons. The van der Waals surface area contributed by atoms with Crippen molar-refractivity contribution in [1.82, 2.24) is 15.0 Å². The van der Waals surface area contributed by atoms with Crippen LogP contribution >= 0.6 is 0 Å². The highest BCUT2D eigenvalue weighted by atomic mass is 16.5. The lowest BCUT2D eigenvalue weighted by molar-refractivity contribution is 0.477. The third kappa shape index (κ3) is 5.47. The molecule has 4 aliphatic rings. The van der Waals surface area contributed by atoms with Crippen LogP contribution in [0.4, 0.5) is 34.1 Å². The van der Waals surface area contributed by atoms with Crippen molar-refractivity contribution in [1.29, 1.82) is 0 Å². The van der Waals surface area contributed by atoms with Gasteiger partial charge in [-0.05, 0) is 109 Å². The third-order valence-electron chi connectivity index (χ3n) is 13.2. The van der Waals surface area contributed by atoms with E-state index in [9.17, 15) is 0 Å². The lowest BCUT2D eigenvalue weighted by atomic mass is 9.33. The van der Waals surface area contributed by atoms with Crippen molar-refractivity contribution in [2.45, 2.75) is 0 Å². The first kappa shape index (κ1) is 35.8. The van der Waals surface area contributed by atoms with Crippen LogP contribution in [0.5, 0.6) is 23.0 Å². The minimum Gasteiger partial charge on any atom is -0.453 e. The summed E-state index contributed by atoms with van der Waals surface area (Å²) < 4.78 is 14.3. The number of fused-ring (bicyclic) bond motifs is 8. The fraction of sp³-hybridized carbons (Fsp3) is 0. The molecule has 0 saturated heterocycles. The molecular formula is C57H34BN5O2. The first-order chi connectivity index (χ1) is 32.2. The smallest absolute Gasteiger partial charge is 0.252 e. The van der Waals surface area contributed by atoms with E-state index in [0.29, 0.717) is 5.82 Å². The van der Waals surface area contributed by atoms with Gasteiger partial charge in [0, 0.05) is 16.9 Å². The van der Waals surface area contributed by atoms with E-state index in [0.717, 1.165) is 118 Å². The Kier molecular flexibility index (Phi) is 7.65. The second-order valence-electron chi connectivity index (χ2n) is 16.9. The molecular weight excluding hydrogens is 797 g/mol. The van der Waals surface area contributed by atoms with Crippen molar-refractivity contribution < 1.29 is 9.47 Å². The summed E-state index contributed by atoms with van der Waals surface area (Å²) in [6.45, 7) is -0.211. The lowest BCUT2D eigenvalue weighted by Gasteiger charge is -2.47. The molecule has 0 unspecified atom stereocenters. The van der Waals surface area contributed by atoms with Gasteiger partial charge in [-0.2, -0.15) is 0 Å². The minimum atomic E-state index is -0.211. The Bertz CT molecular complexity index is 3340. The van der Waals surface area contributed by atoms with E-state index in [1.165, 1.54) is 5.46 Å². The number of rotatable bonds is 5. The van der Waals surface area contributed by atoms with Crippen molar-refractivity contribution in [3.05, 3.63) is 207 Å². The predicted molar refractivity (Wildman–Crippen MR) is 261 cm³/mol. The van der Waals surface area contributed by atoms with Crippen LogP contribution < -0.4 is 35.7 Å². The number of hydrogen-bond donors (Lipinski definition) is 0. The van der Waals surface area contributed by atoms with Crippen LogP contribution in [0.1, 0.15) is 0 Å². The molecule has 0 spiro atoms. The van der Waals surface area contributed by atoms with Crippen molar-refractivity contribution in [3.8, 4) is 78.9 Å². The van der Waals surface area contributed by atoms with Gasteiger partial charge in [-0.1, -0.05) is 146 Å². The van der Waals surface area contributed by atoms with E-state index >= 15 is 0 Å². The molecule has 4 aliphatic heterocycles. The quantitative estimate of drug-likeness (QED) is 0.160. The first-order valence-electron chi connectivity index (χ1n) is 21.8. The van der Waals surface area contributed by atoms with Crippen LogP contribution in [-0.4, -0.2) is 21.7 Å². The highest BCUT2D eigenvalue weighted by Gasteiger charge is 2.49. The summed E-state index contributed by atoms with van der Waals surface area (Å²) in [4.78, 5) is 18.5. The van der Waals surface area contributed by atoms with E-state index in [-0.39, 0.29) is 6.71 Å². The molecule has 302 valence electrons. The molecule has 8 heteroatoms. The van der Waals surface area contributed by atoms with Crippen molar-refractivity contribution >= 4 is 57.2 Å². The molecule has 65 heavy (non-hydrogen) atoms. The largest absolute Gasteiger partial charge is 0.453 e. The molecule has 0 amide bonds. The SMILES string of the molecule is c1ccc(-c2ccc3c(c2)Oc2cc(-c4ccccc4)cc4c2N3c2cc(-c3ncncn3)cc3c2B4c2cc(-c4ccccc4)cc4c2N3c2ccc(-c3ccccc3)cc2O4)cc1. The van der Waals surface area contributed by atoms with E-state index in [4.69, 9.17) is 19.4 Å². The van der Waals surface area contributed by atoms with Gasteiger partial charge < -0.3 is 19.3 Å². The summed E-state index contributed by atoms with van der Waals surface area (Å²) in [5.41, 5.74) is 19.2. The Morgan fingerprint density at radius 1 is 0.338 bits per heavy atom. The number of aromatic nitrogens is 3. The van der Waals surface area contributed by atoms with Crippen molar-refractivity contribution in [3.63, 3.8) is 0 Å². The fourth-order valence-electron chi connectivity index (χ4n) is 10.4. The molecule has 9 aromatic carbocycles. The zero-order chi connectivity index (χ0) is 42.6. The highest BCUT2D eigenvalue weighted by molar-refractivity contribution is 7.00. The van der Waals surface area contributed by atoms with Gasteiger partial charge in [0.1, 0.15) is 12.7 Å². The molecule has 0 N–H and O–H groups in total. The van der Waals surface area contributed by atoms with E-state index < -0.39 is 0 Å². The van der Waals surface area contributed by atoms with Crippen molar-refractivity contribution in [2.24, 2.45) is 0 Å². The molecule has 0 saturated carbocycles. The summed E-state index contributed by atoms with van der Waals surface area (Å²) >= 11 is 0. The normalized spacial score (nSPS) is 13.1. The van der Waals surface area contributed by atoms with E-state index in [2.05, 4.69) is 197 Å². The van der Waals surface area contributed by atoms with E-state index in [1.807, 2.05) is 12.1 Å². The second-order valence-corrected chi connectivity index (χ2v) is 16.9. The summed E-state index contributed by atoms with van der Waals surface area (Å²) in [7, 11) is 0. The number of benzene rings is 9. The number of ether oxygens (including phenoxy) is 2. The van der Waals surface area contributed by atoms with Gasteiger partial charge in [0.25, 0.3) is 6.71 Å². The molecule has 14 rings (SSSR count). The van der Waals surface area contributed by atoms with Gasteiger partial charge in [-0.15, -0.1) is 0 Å². The molecule has 0 bridgehead atoms. The standard InChI is InChI=1S/C57H34BN5O2/c1-5-13-35(14-6-1)39-21-23-46-50(29-39)64-52-31-41(37-17-9-3-10-18-37)25-44-55(52)62(46)48-27-43(57-60-33-59-34-61-57)28-49-54(48)58(44)45-26-42(38-19-11-4-12-20-38)32-53-56(45)63(49)47-24-22-40(30-51(47)65-53)36-15-7-2-8-16-36/h1-34H. The maximum atomic E-state index is 7.16. The van der Waals surface area contributed by atoms with Crippen LogP contribution in [0.25, 0.3) is 55.9 Å². The predicted octanol–water partition coefficient (Wildman–Crippen LogP) is 12.5. The van der Waals surface area contributed by atoms with Crippen LogP contribution in [0.2, 0.25) is 0 Å². The molecule has 0 atom stereocenters. The fourth-order valence-corrected chi connectivity index (χ4v) is 10.4. The monoisotopic (exact) mass is 831 g/mol. The van der Waals surface area contributed by atoms with Crippen LogP contribution in [0.3, 0.4) is 0 Å². The first-order valence-corrected chi connectivity index (χ1v) is 21.8. The molecule has 0 aliphatic carbocycles. The second kappa shape index (κ2) is 13.9. The molecule has 5 heterocycles. The van der Waals surface area contributed by atoms with Gasteiger partial charge in [-0.25, -0.2) is 15.0 Å². The Balaban J connectivity index is 1.10. The van der Waals surface area contributed by atoms with Gasteiger partial charge in [-0.3, -0.25) is 0 Å². The van der Waals surface area contributed by atoms with Gasteiger partial charge >= 0.3 is 0 Å². The zero-order valence-electron chi connectivity index (χ0n) is 34.8. The van der Waals surface area contributed by atoms with Crippen molar-refractivity contribution in [2.75, 3.05) is 9.80 Å². The van der Waals surface area contributed by atoms with Crippen LogP contribution in [0.15, 0.2) is 207 Å². The molecule has 1 aromatic heterocycles. The maximum Gasteiger partial charge on any atom is 0.252 e. The molecule has 10 aromatic rings. The lowest BCUT2D eigenvalue weighted by Crippen LogP contribution is -2.62. The average molecular weight is 832 g/mol. The summed E-state index contributed by atoms with van der Waals surface area (Å²) in [5, 5.41) is 0. The molecule has 7 nitrogen and oxygen atoms in total.